The molecule has 4 rings (SSSR count). The van der Waals surface area contributed by atoms with Crippen molar-refractivity contribution in [3.8, 4) is 11.5 Å². The number of nitrogens with zero attached hydrogens (tertiary/aromatic N) is 2. The van der Waals surface area contributed by atoms with Gasteiger partial charge in [-0.3, -0.25) is 4.98 Å². The summed E-state index contributed by atoms with van der Waals surface area (Å²) >= 11 is 0. The topological polar surface area (TPSA) is 56.3 Å². The molecule has 0 aliphatic carbocycles. The second-order valence-corrected chi connectivity index (χ2v) is 7.98. The number of pyridine rings is 2. The lowest BCUT2D eigenvalue weighted by Gasteiger charge is -2.21. The van der Waals surface area contributed by atoms with Crippen molar-refractivity contribution in [2.75, 3.05) is 19.5 Å². The number of aromatic nitrogens is 2. The molecule has 2 aromatic carbocycles. The largest absolute Gasteiger partial charge is 0.493 e. The molecule has 0 amide bonds. The molecule has 1 N–H and O–H groups in total. The summed E-state index contributed by atoms with van der Waals surface area (Å²) in [6, 6.07) is 24.9. The highest BCUT2D eigenvalue weighted by atomic mass is 16.5. The smallest absolute Gasteiger partial charge is 0.161 e. The average molecular weight is 440 g/mol. The molecular formula is C28H29N3O2. The third kappa shape index (κ3) is 5.50. The summed E-state index contributed by atoms with van der Waals surface area (Å²) in [7, 11) is 3.31. The maximum atomic E-state index is 5.56. The van der Waals surface area contributed by atoms with E-state index in [-0.39, 0.29) is 12.0 Å². The first-order valence-corrected chi connectivity index (χ1v) is 11.1. The third-order valence-corrected chi connectivity index (χ3v) is 5.85. The van der Waals surface area contributed by atoms with Gasteiger partial charge in [-0.2, -0.15) is 0 Å². The highest BCUT2D eigenvalue weighted by Gasteiger charge is 2.18. The van der Waals surface area contributed by atoms with E-state index < -0.39 is 0 Å². The van der Waals surface area contributed by atoms with Crippen LogP contribution in [0, 0.1) is 0 Å². The molecule has 2 aromatic heterocycles. The number of methoxy groups -OCH3 is 2. The monoisotopic (exact) mass is 439 g/mol. The molecule has 168 valence electrons. The summed E-state index contributed by atoms with van der Waals surface area (Å²) in [5.74, 6) is 2.40. The molecule has 0 aliphatic heterocycles. The van der Waals surface area contributed by atoms with Gasteiger partial charge >= 0.3 is 0 Å². The van der Waals surface area contributed by atoms with E-state index in [0.29, 0.717) is 0 Å². The Labute approximate surface area is 195 Å². The second-order valence-electron chi connectivity index (χ2n) is 7.98. The van der Waals surface area contributed by atoms with E-state index in [4.69, 9.17) is 14.5 Å². The number of rotatable bonds is 9. The van der Waals surface area contributed by atoms with Gasteiger partial charge < -0.3 is 14.8 Å². The van der Waals surface area contributed by atoms with E-state index in [1.54, 1.807) is 14.2 Å². The van der Waals surface area contributed by atoms with Gasteiger partial charge in [-0.1, -0.05) is 42.5 Å². The molecule has 0 spiro atoms. The second kappa shape index (κ2) is 10.6. The van der Waals surface area contributed by atoms with Crippen molar-refractivity contribution in [3.05, 3.63) is 114 Å². The quantitative estimate of drug-likeness (QED) is 0.344. The van der Waals surface area contributed by atoms with Crippen LogP contribution in [-0.2, 0) is 6.42 Å². The van der Waals surface area contributed by atoms with Crippen LogP contribution in [0.3, 0.4) is 0 Å². The predicted molar refractivity (Wildman–Crippen MR) is 132 cm³/mol. The number of hydrogen-bond donors (Lipinski definition) is 1. The highest BCUT2D eigenvalue weighted by Crippen LogP contribution is 2.35. The zero-order valence-electron chi connectivity index (χ0n) is 19.2. The lowest BCUT2D eigenvalue weighted by atomic mass is 9.87. The Morgan fingerprint density at radius 2 is 1.52 bits per heavy atom. The van der Waals surface area contributed by atoms with Crippen molar-refractivity contribution in [3.63, 3.8) is 0 Å². The summed E-state index contributed by atoms with van der Waals surface area (Å²) in [6.45, 7) is 2.14. The summed E-state index contributed by atoms with van der Waals surface area (Å²) in [5.41, 5.74) is 4.72. The van der Waals surface area contributed by atoms with Crippen LogP contribution in [-0.4, -0.2) is 24.2 Å². The standard InChI is InChI=1S/C28H29N3O2/c1-20(22-7-5-4-6-8-22)31-28-12-10-24(19-30-28)25(17-21-13-15-29-16-14-21)23-9-11-26(32-2)27(18-23)33-3/h4-16,18-20,25H,17H2,1-3H3,(H,30,31). The van der Waals surface area contributed by atoms with Crippen LogP contribution in [0.5, 0.6) is 11.5 Å². The molecule has 2 heterocycles. The molecule has 5 nitrogen and oxygen atoms in total. The molecule has 0 saturated heterocycles. The van der Waals surface area contributed by atoms with Crippen LogP contribution in [0.1, 0.15) is 41.1 Å². The molecule has 4 aromatic rings. The SMILES string of the molecule is COc1ccc(C(Cc2ccncc2)c2ccc(NC(C)c3ccccc3)nc2)cc1OC. The summed E-state index contributed by atoms with van der Waals surface area (Å²) in [5, 5.41) is 3.49. The predicted octanol–water partition coefficient (Wildman–Crippen LogP) is 6.04. The van der Waals surface area contributed by atoms with E-state index in [1.165, 1.54) is 11.1 Å². The van der Waals surface area contributed by atoms with E-state index in [1.807, 2.05) is 36.8 Å². The van der Waals surface area contributed by atoms with Crippen LogP contribution in [0.2, 0.25) is 0 Å². The Morgan fingerprint density at radius 3 is 2.18 bits per heavy atom. The van der Waals surface area contributed by atoms with Crippen molar-refractivity contribution in [1.82, 2.24) is 9.97 Å². The zero-order valence-corrected chi connectivity index (χ0v) is 19.2. The summed E-state index contributed by atoms with van der Waals surface area (Å²) < 4.78 is 11.0. The van der Waals surface area contributed by atoms with E-state index in [0.717, 1.165) is 34.9 Å². The fourth-order valence-electron chi connectivity index (χ4n) is 4.00. The van der Waals surface area contributed by atoms with Gasteiger partial charge in [0.25, 0.3) is 0 Å². The molecule has 0 radical (unpaired) electrons. The Balaban J connectivity index is 1.61. The van der Waals surface area contributed by atoms with Gasteiger partial charge in [0.2, 0.25) is 0 Å². The van der Waals surface area contributed by atoms with E-state index >= 15 is 0 Å². The van der Waals surface area contributed by atoms with E-state index in [2.05, 4.69) is 71.8 Å². The van der Waals surface area contributed by atoms with Gasteiger partial charge in [-0.25, -0.2) is 4.98 Å². The summed E-state index contributed by atoms with van der Waals surface area (Å²) in [4.78, 5) is 8.88. The lowest BCUT2D eigenvalue weighted by molar-refractivity contribution is 0.354. The number of anilines is 1. The number of benzene rings is 2. The van der Waals surface area contributed by atoms with Gasteiger partial charge in [0.15, 0.2) is 11.5 Å². The van der Waals surface area contributed by atoms with Gasteiger partial charge in [0, 0.05) is 30.6 Å². The third-order valence-electron chi connectivity index (χ3n) is 5.85. The maximum absolute atomic E-state index is 5.56. The fourth-order valence-corrected chi connectivity index (χ4v) is 4.00. The molecular weight excluding hydrogens is 410 g/mol. The zero-order chi connectivity index (χ0) is 23.0. The molecule has 0 bridgehead atoms. The van der Waals surface area contributed by atoms with Gasteiger partial charge in [0.05, 0.1) is 14.2 Å². The Morgan fingerprint density at radius 1 is 0.788 bits per heavy atom. The minimum atomic E-state index is 0.111. The number of ether oxygens (including phenoxy) is 2. The first kappa shape index (κ1) is 22.3. The molecule has 2 atom stereocenters. The van der Waals surface area contributed by atoms with Crippen molar-refractivity contribution >= 4 is 5.82 Å². The average Bonchev–Trinajstić information content (AvgIpc) is 2.88. The molecule has 2 unspecified atom stereocenters. The van der Waals surface area contributed by atoms with Crippen LogP contribution < -0.4 is 14.8 Å². The van der Waals surface area contributed by atoms with Crippen molar-refractivity contribution < 1.29 is 9.47 Å². The first-order valence-electron chi connectivity index (χ1n) is 11.1. The Kier molecular flexibility index (Phi) is 7.20. The molecule has 0 aliphatic rings. The van der Waals surface area contributed by atoms with Crippen LogP contribution in [0.25, 0.3) is 0 Å². The normalized spacial score (nSPS) is 12.6. The van der Waals surface area contributed by atoms with Crippen LogP contribution in [0.15, 0.2) is 91.4 Å². The van der Waals surface area contributed by atoms with Gasteiger partial charge in [0.1, 0.15) is 5.82 Å². The first-order chi connectivity index (χ1) is 16.2. The van der Waals surface area contributed by atoms with Crippen molar-refractivity contribution in [2.24, 2.45) is 0 Å². The maximum Gasteiger partial charge on any atom is 0.161 e. The van der Waals surface area contributed by atoms with Gasteiger partial charge in [-0.05, 0) is 65.9 Å². The number of hydrogen-bond acceptors (Lipinski definition) is 5. The highest BCUT2D eigenvalue weighted by molar-refractivity contribution is 5.47. The lowest BCUT2D eigenvalue weighted by Crippen LogP contribution is -2.09. The van der Waals surface area contributed by atoms with Crippen molar-refractivity contribution in [1.29, 1.82) is 0 Å². The van der Waals surface area contributed by atoms with Crippen molar-refractivity contribution in [2.45, 2.75) is 25.3 Å². The molecule has 5 heteroatoms. The molecule has 0 saturated carbocycles. The summed E-state index contributed by atoms with van der Waals surface area (Å²) in [6.07, 6.45) is 6.45. The van der Waals surface area contributed by atoms with Crippen LogP contribution >= 0.6 is 0 Å². The minimum Gasteiger partial charge on any atom is -0.493 e. The molecule has 33 heavy (non-hydrogen) atoms. The Hall–Kier alpha value is -3.86. The van der Waals surface area contributed by atoms with Gasteiger partial charge in [-0.15, -0.1) is 0 Å². The van der Waals surface area contributed by atoms with Crippen LogP contribution in [0.4, 0.5) is 5.82 Å². The number of nitrogens with one attached hydrogen (secondary N) is 1. The molecule has 0 fully saturated rings. The van der Waals surface area contributed by atoms with E-state index in [9.17, 15) is 0 Å². The Bertz CT molecular complexity index is 1150. The fraction of sp³-hybridized carbons (Fsp3) is 0.214. The minimum absolute atomic E-state index is 0.111.